The molecule has 0 radical (unpaired) electrons. The van der Waals surface area contributed by atoms with Crippen LogP contribution in [0.25, 0.3) is 0 Å². The molecule has 2 aromatic carbocycles. The van der Waals surface area contributed by atoms with Crippen molar-refractivity contribution in [1.82, 2.24) is 14.7 Å². The maximum Gasteiger partial charge on any atom is 0.240 e. The Morgan fingerprint density at radius 2 is 1.83 bits per heavy atom. The van der Waals surface area contributed by atoms with Crippen LogP contribution >= 0.6 is 0 Å². The smallest absolute Gasteiger partial charge is 0.240 e. The van der Waals surface area contributed by atoms with Crippen molar-refractivity contribution in [2.45, 2.75) is 44.6 Å². The van der Waals surface area contributed by atoms with Crippen molar-refractivity contribution in [2.24, 2.45) is 0 Å². The largest absolute Gasteiger partial charge is 0.378 e. The van der Waals surface area contributed by atoms with E-state index in [9.17, 15) is 8.42 Å². The van der Waals surface area contributed by atoms with Crippen molar-refractivity contribution < 1.29 is 13.2 Å². The third-order valence-electron chi connectivity index (χ3n) is 5.81. The molecule has 0 atom stereocenters. The SMILES string of the molecule is CCc1cnc(Nc2ccc(N3CCOCC3)cc2)nc1Cc1cccc(S(=O)(=O)NC(C)C)c1. The second-order valence-corrected chi connectivity index (χ2v) is 10.6. The molecular weight excluding hydrogens is 462 g/mol. The molecule has 9 heteroatoms. The Hall–Kier alpha value is -3.01. The lowest BCUT2D eigenvalue weighted by molar-refractivity contribution is 0.122. The highest BCUT2D eigenvalue weighted by Crippen LogP contribution is 2.22. The van der Waals surface area contributed by atoms with Crippen LogP contribution in [0.1, 0.15) is 37.6 Å². The van der Waals surface area contributed by atoms with E-state index >= 15 is 0 Å². The number of hydrogen-bond acceptors (Lipinski definition) is 7. The molecular formula is C26H33N5O3S. The molecule has 35 heavy (non-hydrogen) atoms. The summed E-state index contributed by atoms with van der Waals surface area (Å²) in [6.07, 6.45) is 3.14. The van der Waals surface area contributed by atoms with Gasteiger partial charge in [0.25, 0.3) is 0 Å². The van der Waals surface area contributed by atoms with E-state index < -0.39 is 10.0 Å². The molecule has 1 fully saturated rings. The lowest BCUT2D eigenvalue weighted by Crippen LogP contribution is -2.36. The number of anilines is 3. The molecule has 8 nitrogen and oxygen atoms in total. The van der Waals surface area contributed by atoms with Gasteiger partial charge in [-0.25, -0.2) is 23.1 Å². The number of nitrogens with zero attached hydrogens (tertiary/aromatic N) is 3. The molecule has 0 aliphatic carbocycles. The summed E-state index contributed by atoms with van der Waals surface area (Å²) in [4.78, 5) is 11.8. The van der Waals surface area contributed by atoms with Gasteiger partial charge in [0, 0.05) is 43.1 Å². The van der Waals surface area contributed by atoms with Crippen LogP contribution in [0.4, 0.5) is 17.3 Å². The fourth-order valence-electron chi connectivity index (χ4n) is 4.05. The number of ether oxygens (including phenoxy) is 1. The fourth-order valence-corrected chi connectivity index (χ4v) is 5.37. The molecule has 186 valence electrons. The fraction of sp³-hybridized carbons (Fsp3) is 0.385. The molecule has 0 unspecified atom stereocenters. The van der Waals surface area contributed by atoms with Crippen LogP contribution in [0, 0.1) is 0 Å². The van der Waals surface area contributed by atoms with E-state index in [1.54, 1.807) is 32.0 Å². The molecule has 1 aliphatic heterocycles. The van der Waals surface area contributed by atoms with E-state index in [2.05, 4.69) is 39.0 Å². The first-order valence-electron chi connectivity index (χ1n) is 12.0. The molecule has 1 aromatic heterocycles. The predicted molar refractivity (Wildman–Crippen MR) is 139 cm³/mol. The van der Waals surface area contributed by atoms with E-state index in [1.807, 2.05) is 24.4 Å². The number of aromatic nitrogens is 2. The Bertz CT molecular complexity index is 1240. The number of benzene rings is 2. The first-order valence-corrected chi connectivity index (χ1v) is 13.5. The van der Waals surface area contributed by atoms with E-state index in [0.717, 1.165) is 55.2 Å². The van der Waals surface area contributed by atoms with Crippen molar-refractivity contribution in [1.29, 1.82) is 0 Å². The van der Waals surface area contributed by atoms with Crippen LogP contribution in [-0.2, 0) is 27.6 Å². The highest BCUT2D eigenvalue weighted by atomic mass is 32.2. The lowest BCUT2D eigenvalue weighted by Gasteiger charge is -2.28. The Labute approximate surface area is 207 Å². The minimum atomic E-state index is -3.56. The summed E-state index contributed by atoms with van der Waals surface area (Å²) in [5, 5.41) is 3.30. The third kappa shape index (κ3) is 6.56. The van der Waals surface area contributed by atoms with Crippen molar-refractivity contribution in [3.63, 3.8) is 0 Å². The summed E-state index contributed by atoms with van der Waals surface area (Å²) >= 11 is 0. The summed E-state index contributed by atoms with van der Waals surface area (Å²) < 4.78 is 33.3. The summed E-state index contributed by atoms with van der Waals surface area (Å²) in [6, 6.07) is 15.1. The number of nitrogens with one attached hydrogen (secondary N) is 2. The molecule has 4 rings (SSSR count). The Balaban J connectivity index is 1.51. The quantitative estimate of drug-likeness (QED) is 0.465. The van der Waals surface area contributed by atoms with E-state index in [0.29, 0.717) is 12.4 Å². The highest BCUT2D eigenvalue weighted by molar-refractivity contribution is 7.89. The van der Waals surface area contributed by atoms with Crippen LogP contribution in [0.15, 0.2) is 59.6 Å². The number of rotatable bonds is 9. The van der Waals surface area contributed by atoms with Crippen molar-refractivity contribution in [3.8, 4) is 0 Å². The third-order valence-corrected chi connectivity index (χ3v) is 7.46. The number of sulfonamides is 1. The van der Waals surface area contributed by atoms with Gasteiger partial charge >= 0.3 is 0 Å². The predicted octanol–water partition coefficient (Wildman–Crippen LogP) is 3.90. The summed E-state index contributed by atoms with van der Waals surface area (Å²) in [7, 11) is -3.56. The zero-order valence-electron chi connectivity index (χ0n) is 20.5. The Kier molecular flexibility index (Phi) is 8.00. The summed E-state index contributed by atoms with van der Waals surface area (Å²) in [5.74, 6) is 0.515. The van der Waals surface area contributed by atoms with Crippen LogP contribution in [0.5, 0.6) is 0 Å². The van der Waals surface area contributed by atoms with Gasteiger partial charge < -0.3 is 15.0 Å². The molecule has 0 bridgehead atoms. The minimum Gasteiger partial charge on any atom is -0.378 e. The van der Waals surface area contributed by atoms with Crippen molar-refractivity contribution >= 4 is 27.3 Å². The summed E-state index contributed by atoms with van der Waals surface area (Å²) in [5.41, 5.74) is 4.87. The Morgan fingerprint density at radius 3 is 2.51 bits per heavy atom. The number of hydrogen-bond donors (Lipinski definition) is 2. The Morgan fingerprint density at radius 1 is 1.09 bits per heavy atom. The zero-order valence-corrected chi connectivity index (χ0v) is 21.3. The highest BCUT2D eigenvalue weighted by Gasteiger charge is 2.16. The lowest BCUT2D eigenvalue weighted by atomic mass is 10.1. The number of aryl methyl sites for hydroxylation is 1. The van der Waals surface area contributed by atoms with E-state index in [-0.39, 0.29) is 10.9 Å². The molecule has 3 aromatic rings. The van der Waals surface area contributed by atoms with Gasteiger partial charge in [-0.3, -0.25) is 0 Å². The minimum absolute atomic E-state index is 0.172. The first kappa shape index (κ1) is 25.1. The van der Waals surface area contributed by atoms with Crippen LogP contribution in [-0.4, -0.2) is 50.7 Å². The van der Waals surface area contributed by atoms with Gasteiger partial charge in [0.1, 0.15) is 0 Å². The molecule has 1 aliphatic rings. The monoisotopic (exact) mass is 495 g/mol. The first-order chi connectivity index (χ1) is 16.8. The normalized spacial score (nSPS) is 14.3. The van der Waals surface area contributed by atoms with Crippen LogP contribution in [0.3, 0.4) is 0 Å². The van der Waals surface area contributed by atoms with Gasteiger partial charge in [-0.15, -0.1) is 0 Å². The molecule has 0 saturated carbocycles. The maximum absolute atomic E-state index is 12.6. The maximum atomic E-state index is 12.6. The van der Waals surface area contributed by atoms with E-state index in [4.69, 9.17) is 9.72 Å². The van der Waals surface area contributed by atoms with Crippen molar-refractivity contribution in [3.05, 3.63) is 71.5 Å². The van der Waals surface area contributed by atoms with Gasteiger partial charge in [-0.2, -0.15) is 0 Å². The van der Waals surface area contributed by atoms with Crippen LogP contribution in [0.2, 0.25) is 0 Å². The molecule has 1 saturated heterocycles. The van der Waals surface area contributed by atoms with Gasteiger partial charge in [0.2, 0.25) is 16.0 Å². The average molecular weight is 496 g/mol. The van der Waals surface area contributed by atoms with Gasteiger partial charge in [0.15, 0.2) is 0 Å². The molecule has 0 spiro atoms. The van der Waals surface area contributed by atoms with Gasteiger partial charge in [-0.1, -0.05) is 19.1 Å². The number of morpholine rings is 1. The molecule has 2 heterocycles. The van der Waals surface area contributed by atoms with Crippen molar-refractivity contribution in [2.75, 3.05) is 36.5 Å². The van der Waals surface area contributed by atoms with Gasteiger partial charge in [0.05, 0.1) is 23.8 Å². The molecule has 0 amide bonds. The standard InChI is InChI=1S/C26H33N5O3S/c1-4-21-18-27-26(28-22-8-10-23(11-9-22)31-12-14-34-15-13-31)29-25(21)17-20-6-5-7-24(16-20)35(32,33)30-19(2)3/h5-11,16,18-19,30H,4,12-15,17H2,1-3H3,(H,27,28,29). The van der Waals surface area contributed by atoms with Gasteiger partial charge in [-0.05, 0) is 67.8 Å². The second-order valence-electron chi connectivity index (χ2n) is 8.89. The molecule has 2 N–H and O–H groups in total. The van der Waals surface area contributed by atoms with Crippen LogP contribution < -0.4 is 14.9 Å². The topological polar surface area (TPSA) is 96.4 Å². The average Bonchev–Trinajstić information content (AvgIpc) is 2.85. The zero-order chi connectivity index (χ0) is 24.8. The second kappa shape index (κ2) is 11.2. The van der Waals surface area contributed by atoms with E-state index in [1.165, 1.54) is 5.69 Å². The summed E-state index contributed by atoms with van der Waals surface area (Å²) in [6.45, 7) is 8.97.